The van der Waals surface area contributed by atoms with Gasteiger partial charge in [-0.3, -0.25) is 14.7 Å². The molecule has 0 radical (unpaired) electrons. The summed E-state index contributed by atoms with van der Waals surface area (Å²) in [5, 5.41) is 2.83. The first-order valence-corrected chi connectivity index (χ1v) is 7.15. The molecule has 0 bridgehead atoms. The van der Waals surface area contributed by atoms with Crippen molar-refractivity contribution in [1.29, 1.82) is 0 Å². The van der Waals surface area contributed by atoms with Gasteiger partial charge in [0.15, 0.2) is 0 Å². The third-order valence-electron chi connectivity index (χ3n) is 3.45. The van der Waals surface area contributed by atoms with Crippen LogP contribution in [0, 0.1) is 5.92 Å². The van der Waals surface area contributed by atoms with Gasteiger partial charge in [0, 0.05) is 18.9 Å². The van der Waals surface area contributed by atoms with Crippen molar-refractivity contribution in [3.05, 3.63) is 18.6 Å². The molecule has 2 heterocycles. The van der Waals surface area contributed by atoms with Crippen LogP contribution in [0.4, 0.5) is 0 Å². The quantitative estimate of drug-likeness (QED) is 0.830. The Hall–Kier alpha value is -1.69. The van der Waals surface area contributed by atoms with Crippen molar-refractivity contribution in [3.63, 3.8) is 0 Å². The van der Waals surface area contributed by atoms with Crippen molar-refractivity contribution in [2.75, 3.05) is 32.8 Å². The number of nitrogens with zero attached hydrogens (tertiary/aromatic N) is 3. The molecule has 1 aromatic rings. The predicted molar refractivity (Wildman–Crippen MR) is 75.4 cm³/mol. The van der Waals surface area contributed by atoms with E-state index in [1.54, 1.807) is 18.6 Å². The van der Waals surface area contributed by atoms with E-state index in [4.69, 9.17) is 4.74 Å². The Kier molecular flexibility index (Phi) is 5.73. The molecule has 0 atom stereocenters. The summed E-state index contributed by atoms with van der Waals surface area (Å²) in [5.74, 6) is 1.22. The van der Waals surface area contributed by atoms with Gasteiger partial charge in [-0.05, 0) is 38.8 Å². The molecule has 0 saturated carbocycles. The third kappa shape index (κ3) is 4.77. The highest BCUT2D eigenvalue weighted by Crippen LogP contribution is 2.18. The Bertz CT molecular complexity index is 405. The van der Waals surface area contributed by atoms with Crippen LogP contribution in [-0.4, -0.2) is 53.6 Å². The average Bonchev–Trinajstić information content (AvgIpc) is 2.48. The van der Waals surface area contributed by atoms with E-state index >= 15 is 0 Å². The topological polar surface area (TPSA) is 67.4 Å². The second kappa shape index (κ2) is 7.79. The molecular weight excluding hydrogens is 256 g/mol. The molecule has 1 N–H and O–H groups in total. The average molecular weight is 278 g/mol. The number of hydrogen-bond donors (Lipinski definition) is 1. The minimum Gasteiger partial charge on any atom is -0.476 e. The Morgan fingerprint density at radius 2 is 2.25 bits per heavy atom. The van der Waals surface area contributed by atoms with Gasteiger partial charge in [-0.25, -0.2) is 4.98 Å². The van der Waals surface area contributed by atoms with Gasteiger partial charge in [-0.15, -0.1) is 0 Å². The lowest BCUT2D eigenvalue weighted by molar-refractivity contribution is -0.122. The van der Waals surface area contributed by atoms with Crippen LogP contribution in [0.3, 0.4) is 0 Å². The molecule has 1 saturated heterocycles. The van der Waals surface area contributed by atoms with E-state index in [-0.39, 0.29) is 5.91 Å². The lowest BCUT2D eigenvalue weighted by Crippen LogP contribution is -2.42. The van der Waals surface area contributed by atoms with Crippen molar-refractivity contribution in [2.45, 2.75) is 19.8 Å². The highest BCUT2D eigenvalue weighted by atomic mass is 16.5. The summed E-state index contributed by atoms with van der Waals surface area (Å²) < 4.78 is 5.63. The standard InChI is InChI=1S/C14H22N4O2/c1-2-16-13(19)10-18-7-3-12(4-8-18)11-20-14-9-15-5-6-17-14/h5-6,9,12H,2-4,7-8,10-11H2,1H3,(H,16,19). The van der Waals surface area contributed by atoms with Gasteiger partial charge >= 0.3 is 0 Å². The molecule has 1 amide bonds. The Morgan fingerprint density at radius 3 is 2.90 bits per heavy atom. The van der Waals surface area contributed by atoms with Crippen LogP contribution >= 0.6 is 0 Å². The molecule has 2 rings (SSSR count). The number of aromatic nitrogens is 2. The number of likely N-dealkylation sites (tertiary alicyclic amines) is 1. The zero-order valence-corrected chi connectivity index (χ0v) is 11.9. The van der Waals surface area contributed by atoms with Crippen LogP contribution < -0.4 is 10.1 Å². The zero-order chi connectivity index (χ0) is 14.2. The zero-order valence-electron chi connectivity index (χ0n) is 11.9. The van der Waals surface area contributed by atoms with Gasteiger partial charge in [0.1, 0.15) is 0 Å². The number of ether oxygens (including phenoxy) is 1. The fraction of sp³-hybridized carbons (Fsp3) is 0.643. The van der Waals surface area contributed by atoms with Crippen molar-refractivity contribution >= 4 is 5.91 Å². The van der Waals surface area contributed by atoms with Crippen LogP contribution in [0.2, 0.25) is 0 Å². The van der Waals surface area contributed by atoms with E-state index in [1.807, 2.05) is 6.92 Å². The van der Waals surface area contributed by atoms with E-state index in [9.17, 15) is 4.79 Å². The largest absolute Gasteiger partial charge is 0.476 e. The van der Waals surface area contributed by atoms with Crippen LogP contribution in [0.1, 0.15) is 19.8 Å². The number of hydrogen-bond acceptors (Lipinski definition) is 5. The van der Waals surface area contributed by atoms with Crippen molar-refractivity contribution in [2.24, 2.45) is 5.92 Å². The predicted octanol–water partition coefficient (Wildman–Crippen LogP) is 0.703. The van der Waals surface area contributed by atoms with E-state index in [1.165, 1.54) is 0 Å². The number of carbonyl (C=O) groups excluding carboxylic acids is 1. The number of likely N-dealkylation sites (N-methyl/N-ethyl adjacent to an activating group) is 1. The van der Waals surface area contributed by atoms with Gasteiger partial charge in [-0.2, -0.15) is 0 Å². The molecule has 20 heavy (non-hydrogen) atoms. The van der Waals surface area contributed by atoms with Gasteiger partial charge in [0.25, 0.3) is 0 Å². The van der Waals surface area contributed by atoms with Crippen molar-refractivity contribution in [3.8, 4) is 5.88 Å². The van der Waals surface area contributed by atoms with E-state index in [0.29, 0.717) is 31.5 Å². The number of amides is 1. The molecule has 1 aliphatic heterocycles. The van der Waals surface area contributed by atoms with E-state index < -0.39 is 0 Å². The molecule has 1 aliphatic rings. The molecule has 0 aromatic carbocycles. The maximum absolute atomic E-state index is 11.5. The molecule has 6 nitrogen and oxygen atoms in total. The summed E-state index contributed by atoms with van der Waals surface area (Å²) in [5.41, 5.74) is 0. The lowest BCUT2D eigenvalue weighted by atomic mass is 9.98. The number of nitrogens with one attached hydrogen (secondary N) is 1. The lowest BCUT2D eigenvalue weighted by Gasteiger charge is -2.31. The summed E-state index contributed by atoms with van der Waals surface area (Å²) in [6.07, 6.45) is 7.00. The molecule has 6 heteroatoms. The summed E-state index contributed by atoms with van der Waals surface area (Å²) >= 11 is 0. The molecule has 1 fully saturated rings. The van der Waals surface area contributed by atoms with E-state index in [2.05, 4.69) is 20.2 Å². The fourth-order valence-corrected chi connectivity index (χ4v) is 2.33. The fourth-order valence-electron chi connectivity index (χ4n) is 2.33. The first-order chi connectivity index (χ1) is 9.78. The highest BCUT2D eigenvalue weighted by molar-refractivity contribution is 5.77. The normalized spacial score (nSPS) is 16.9. The Balaban J connectivity index is 1.65. The maximum Gasteiger partial charge on any atom is 0.234 e. The van der Waals surface area contributed by atoms with Crippen LogP contribution in [0.25, 0.3) is 0 Å². The Morgan fingerprint density at radius 1 is 1.45 bits per heavy atom. The van der Waals surface area contributed by atoms with Gasteiger partial charge < -0.3 is 10.1 Å². The Labute approximate surface area is 119 Å². The molecule has 1 aromatic heterocycles. The molecule has 0 aliphatic carbocycles. The number of carbonyl (C=O) groups is 1. The first kappa shape index (κ1) is 14.7. The second-order valence-corrected chi connectivity index (χ2v) is 5.03. The number of piperidine rings is 1. The third-order valence-corrected chi connectivity index (χ3v) is 3.45. The molecular formula is C14H22N4O2. The SMILES string of the molecule is CCNC(=O)CN1CCC(COc2cnccn2)CC1. The molecule has 0 unspecified atom stereocenters. The first-order valence-electron chi connectivity index (χ1n) is 7.15. The smallest absolute Gasteiger partial charge is 0.234 e. The van der Waals surface area contributed by atoms with Crippen LogP contribution in [-0.2, 0) is 4.79 Å². The van der Waals surface area contributed by atoms with Gasteiger partial charge in [0.2, 0.25) is 11.8 Å². The van der Waals surface area contributed by atoms with Gasteiger partial charge in [0.05, 0.1) is 19.3 Å². The van der Waals surface area contributed by atoms with Crippen molar-refractivity contribution < 1.29 is 9.53 Å². The second-order valence-electron chi connectivity index (χ2n) is 5.03. The monoisotopic (exact) mass is 278 g/mol. The summed E-state index contributed by atoms with van der Waals surface area (Å²) in [6, 6.07) is 0. The minimum atomic E-state index is 0.113. The van der Waals surface area contributed by atoms with Crippen molar-refractivity contribution in [1.82, 2.24) is 20.2 Å². The minimum absolute atomic E-state index is 0.113. The molecule has 0 spiro atoms. The van der Waals surface area contributed by atoms with Crippen LogP contribution in [0.15, 0.2) is 18.6 Å². The highest BCUT2D eigenvalue weighted by Gasteiger charge is 2.21. The molecule has 110 valence electrons. The van der Waals surface area contributed by atoms with Crippen LogP contribution in [0.5, 0.6) is 5.88 Å². The maximum atomic E-state index is 11.5. The summed E-state index contributed by atoms with van der Waals surface area (Å²) in [4.78, 5) is 21.8. The van der Waals surface area contributed by atoms with E-state index in [0.717, 1.165) is 25.9 Å². The summed E-state index contributed by atoms with van der Waals surface area (Å²) in [7, 11) is 0. The van der Waals surface area contributed by atoms with Gasteiger partial charge in [-0.1, -0.05) is 0 Å². The number of rotatable bonds is 6. The summed E-state index contributed by atoms with van der Waals surface area (Å²) in [6.45, 7) is 5.71.